The third kappa shape index (κ3) is 3.79. The first-order valence-electron chi connectivity index (χ1n) is 7.15. The Labute approximate surface area is 158 Å². The number of esters is 1. The van der Waals surface area contributed by atoms with E-state index in [4.69, 9.17) is 44.0 Å². The number of hydrogen-bond acceptors (Lipinski definition) is 5. The molecule has 0 saturated carbocycles. The Balaban J connectivity index is 1.75. The van der Waals surface area contributed by atoms with Crippen molar-refractivity contribution in [2.24, 2.45) is 0 Å². The molecule has 2 heterocycles. The maximum Gasteiger partial charge on any atom is 0.358 e. The number of carbonyl (C=O) groups excluding carboxylic acids is 1. The number of ether oxygens (including phenoxy) is 1. The molecule has 2 aromatic heterocycles. The predicted octanol–water partition coefficient (Wildman–Crippen LogP) is 5.36. The Bertz CT molecular complexity index is 926. The van der Waals surface area contributed by atoms with Gasteiger partial charge in [-0.2, -0.15) is 0 Å². The molecule has 25 heavy (non-hydrogen) atoms. The summed E-state index contributed by atoms with van der Waals surface area (Å²) in [5, 5.41) is 0.151. The summed E-state index contributed by atoms with van der Waals surface area (Å²) in [7, 11) is 0. The van der Waals surface area contributed by atoms with Crippen LogP contribution in [0.1, 0.15) is 21.9 Å². The quantitative estimate of drug-likeness (QED) is 0.554. The van der Waals surface area contributed by atoms with E-state index in [9.17, 15) is 4.79 Å². The van der Waals surface area contributed by atoms with Gasteiger partial charge in [-0.1, -0.05) is 53.0 Å². The molecule has 0 bridgehead atoms. The van der Waals surface area contributed by atoms with Crippen molar-refractivity contribution in [2.75, 3.05) is 0 Å². The molecule has 0 aliphatic heterocycles. The van der Waals surface area contributed by atoms with E-state index in [1.807, 2.05) is 30.3 Å². The molecule has 0 atom stereocenters. The largest absolute Gasteiger partial charge is 0.454 e. The average Bonchev–Trinajstić information content (AvgIpc) is 2.99. The molecule has 0 aliphatic rings. The second-order valence-corrected chi connectivity index (χ2v) is 6.21. The Morgan fingerprint density at radius 1 is 1.16 bits per heavy atom. The van der Waals surface area contributed by atoms with E-state index in [1.165, 1.54) is 6.20 Å². The molecule has 5 nitrogen and oxygen atoms in total. The highest BCUT2D eigenvalue weighted by atomic mass is 35.5. The topological polar surface area (TPSA) is 65.2 Å². The third-order valence-corrected chi connectivity index (χ3v) is 4.60. The number of oxazole rings is 1. The minimum absolute atomic E-state index is 0.0502. The Morgan fingerprint density at radius 2 is 1.88 bits per heavy atom. The minimum Gasteiger partial charge on any atom is -0.454 e. The molecule has 0 fully saturated rings. The van der Waals surface area contributed by atoms with E-state index in [1.54, 1.807) is 6.92 Å². The highest BCUT2D eigenvalue weighted by Crippen LogP contribution is 2.31. The van der Waals surface area contributed by atoms with Crippen LogP contribution in [0.3, 0.4) is 0 Å². The highest BCUT2D eigenvalue weighted by Gasteiger charge is 2.20. The number of carbonyl (C=O) groups is 1. The molecule has 0 amide bonds. The summed E-state index contributed by atoms with van der Waals surface area (Å²) in [6, 6.07) is 9.41. The normalized spacial score (nSPS) is 10.7. The van der Waals surface area contributed by atoms with Crippen LogP contribution >= 0.6 is 34.8 Å². The van der Waals surface area contributed by atoms with Crippen LogP contribution in [-0.2, 0) is 11.3 Å². The van der Waals surface area contributed by atoms with Crippen LogP contribution in [0.25, 0.3) is 11.5 Å². The summed E-state index contributed by atoms with van der Waals surface area (Å²) in [4.78, 5) is 20.4. The van der Waals surface area contributed by atoms with E-state index in [2.05, 4.69) is 9.97 Å². The summed E-state index contributed by atoms with van der Waals surface area (Å²) in [6.45, 7) is 1.66. The maximum absolute atomic E-state index is 12.2. The van der Waals surface area contributed by atoms with Crippen molar-refractivity contribution in [3.05, 3.63) is 68.7 Å². The highest BCUT2D eigenvalue weighted by molar-refractivity contribution is 6.48. The number of halogens is 3. The van der Waals surface area contributed by atoms with Gasteiger partial charge in [0.25, 0.3) is 0 Å². The second kappa shape index (κ2) is 7.44. The van der Waals surface area contributed by atoms with Crippen LogP contribution in [0.2, 0.25) is 15.1 Å². The smallest absolute Gasteiger partial charge is 0.358 e. The van der Waals surface area contributed by atoms with Crippen molar-refractivity contribution < 1.29 is 13.9 Å². The fourth-order valence-electron chi connectivity index (χ4n) is 2.05. The molecule has 0 unspecified atom stereocenters. The number of benzene rings is 1. The van der Waals surface area contributed by atoms with Crippen LogP contribution in [-0.4, -0.2) is 15.9 Å². The monoisotopic (exact) mass is 396 g/mol. The molecule has 0 N–H and O–H groups in total. The van der Waals surface area contributed by atoms with E-state index >= 15 is 0 Å². The molecule has 3 aromatic rings. The van der Waals surface area contributed by atoms with Gasteiger partial charge in [0.2, 0.25) is 5.89 Å². The molecule has 0 radical (unpaired) electrons. The lowest BCUT2D eigenvalue weighted by Gasteiger charge is -2.06. The Hall–Kier alpha value is -2.08. The van der Waals surface area contributed by atoms with Gasteiger partial charge in [-0.3, -0.25) is 0 Å². The number of nitrogens with zero attached hydrogens (tertiary/aromatic N) is 2. The lowest BCUT2D eigenvalue weighted by atomic mass is 10.2. The fraction of sp³-hybridized carbons (Fsp3) is 0.118. The number of pyridine rings is 1. The number of aromatic nitrogens is 2. The van der Waals surface area contributed by atoms with Crippen molar-refractivity contribution in [2.45, 2.75) is 13.5 Å². The van der Waals surface area contributed by atoms with Gasteiger partial charge in [0.15, 0.2) is 5.69 Å². The van der Waals surface area contributed by atoms with Crippen molar-refractivity contribution in [1.82, 2.24) is 9.97 Å². The second-order valence-electron chi connectivity index (χ2n) is 5.05. The van der Waals surface area contributed by atoms with Gasteiger partial charge in [-0.05, 0) is 19.1 Å². The van der Waals surface area contributed by atoms with Gasteiger partial charge < -0.3 is 9.15 Å². The van der Waals surface area contributed by atoms with Gasteiger partial charge >= 0.3 is 5.97 Å². The minimum atomic E-state index is -0.729. The van der Waals surface area contributed by atoms with Crippen molar-refractivity contribution in [3.8, 4) is 11.5 Å². The summed E-state index contributed by atoms with van der Waals surface area (Å²) in [5.41, 5.74) is 1.22. The molecular weight excluding hydrogens is 387 g/mol. The third-order valence-electron chi connectivity index (χ3n) is 3.36. The van der Waals surface area contributed by atoms with Crippen LogP contribution < -0.4 is 0 Å². The zero-order valence-corrected chi connectivity index (χ0v) is 15.2. The number of aryl methyl sites for hydroxylation is 1. The summed E-state index contributed by atoms with van der Waals surface area (Å²) < 4.78 is 10.8. The zero-order chi connectivity index (χ0) is 18.0. The first kappa shape index (κ1) is 17.7. The summed E-state index contributed by atoms with van der Waals surface area (Å²) in [6.07, 6.45) is 1.24. The first-order chi connectivity index (χ1) is 12.0. The molecule has 8 heteroatoms. The van der Waals surface area contributed by atoms with Crippen molar-refractivity contribution >= 4 is 40.8 Å². The van der Waals surface area contributed by atoms with Crippen molar-refractivity contribution in [3.63, 3.8) is 0 Å². The average molecular weight is 398 g/mol. The fourth-order valence-corrected chi connectivity index (χ4v) is 2.61. The van der Waals surface area contributed by atoms with Crippen LogP contribution in [0, 0.1) is 6.92 Å². The van der Waals surface area contributed by atoms with Gasteiger partial charge in [-0.15, -0.1) is 0 Å². The Morgan fingerprint density at radius 3 is 2.60 bits per heavy atom. The van der Waals surface area contributed by atoms with Gasteiger partial charge in [0.05, 0.1) is 15.1 Å². The Kier molecular flexibility index (Phi) is 5.27. The lowest BCUT2D eigenvalue weighted by molar-refractivity contribution is 0.0460. The molecule has 1 aromatic carbocycles. The first-order valence-corrected chi connectivity index (χ1v) is 8.29. The molecule has 0 spiro atoms. The molecule has 0 saturated heterocycles. The van der Waals surface area contributed by atoms with Gasteiger partial charge in [-0.25, -0.2) is 14.8 Å². The van der Waals surface area contributed by atoms with E-state index in [0.717, 1.165) is 5.56 Å². The zero-order valence-electron chi connectivity index (χ0n) is 12.9. The van der Waals surface area contributed by atoms with E-state index in [0.29, 0.717) is 17.3 Å². The van der Waals surface area contributed by atoms with Crippen LogP contribution in [0.5, 0.6) is 0 Å². The molecule has 3 rings (SSSR count). The van der Waals surface area contributed by atoms with E-state index < -0.39 is 5.97 Å². The number of rotatable bonds is 4. The summed E-state index contributed by atoms with van der Waals surface area (Å²) in [5.74, 6) is 0.280. The molecular formula is C17H11Cl3N2O3. The lowest BCUT2D eigenvalue weighted by Crippen LogP contribution is -2.09. The standard InChI is InChI=1S/C17H11Cl3N2O3/c1-9-12(22-16(25-9)10-5-3-2-4-6-10)8-24-17(23)15-14(20)13(19)11(18)7-21-15/h2-7H,8H2,1H3. The van der Waals surface area contributed by atoms with Crippen LogP contribution in [0.15, 0.2) is 40.9 Å². The summed E-state index contributed by atoms with van der Waals surface area (Å²) >= 11 is 17.7. The molecule has 128 valence electrons. The van der Waals surface area contributed by atoms with Crippen LogP contribution in [0.4, 0.5) is 0 Å². The SMILES string of the molecule is Cc1oc(-c2ccccc2)nc1COC(=O)c1ncc(Cl)c(Cl)c1Cl. The van der Waals surface area contributed by atoms with Crippen molar-refractivity contribution in [1.29, 1.82) is 0 Å². The van der Waals surface area contributed by atoms with E-state index in [-0.39, 0.29) is 27.4 Å². The van der Waals surface area contributed by atoms with Gasteiger partial charge in [0.1, 0.15) is 18.1 Å². The molecule has 0 aliphatic carbocycles. The number of hydrogen-bond donors (Lipinski definition) is 0. The maximum atomic E-state index is 12.2. The predicted molar refractivity (Wildman–Crippen MR) is 95.1 cm³/mol. The van der Waals surface area contributed by atoms with Gasteiger partial charge in [0, 0.05) is 11.8 Å².